The fourth-order valence-electron chi connectivity index (χ4n) is 2.99. The van der Waals surface area contributed by atoms with Gasteiger partial charge in [0.2, 0.25) is 5.91 Å². The lowest BCUT2D eigenvalue weighted by atomic mass is 10.00. The van der Waals surface area contributed by atoms with Crippen LogP contribution < -0.4 is 19.7 Å². The van der Waals surface area contributed by atoms with Crippen molar-refractivity contribution in [3.05, 3.63) is 42.2 Å². The molecule has 1 fully saturated rings. The van der Waals surface area contributed by atoms with E-state index < -0.39 is 0 Å². The second-order valence-corrected chi connectivity index (χ2v) is 7.25. The van der Waals surface area contributed by atoms with Crippen LogP contribution in [0.2, 0.25) is 0 Å². The lowest BCUT2D eigenvalue weighted by molar-refractivity contribution is -0.120. The van der Waals surface area contributed by atoms with E-state index in [4.69, 9.17) is 9.47 Å². The molecule has 1 aliphatic heterocycles. The van der Waals surface area contributed by atoms with Gasteiger partial charge < -0.3 is 19.7 Å². The molecule has 140 valence electrons. The molecule has 1 amide bonds. The molecular weight excluding hydrogens is 369 g/mol. The van der Waals surface area contributed by atoms with Crippen molar-refractivity contribution in [3.63, 3.8) is 0 Å². The minimum atomic E-state index is -0.324. The third-order valence-electron chi connectivity index (χ3n) is 4.55. The number of hydrogen-bond donors (Lipinski definition) is 1. The molecule has 0 bridgehead atoms. The zero-order valence-corrected chi connectivity index (χ0v) is 15.7. The van der Waals surface area contributed by atoms with Crippen LogP contribution in [-0.2, 0) is 4.79 Å². The normalized spacial score (nSPS) is 14.1. The number of para-hydroxylation sites is 1. The number of nitrogens with zero attached hydrogens (tertiary/aromatic N) is 2. The van der Waals surface area contributed by atoms with E-state index in [-0.39, 0.29) is 17.6 Å². The van der Waals surface area contributed by atoms with Crippen LogP contribution in [0.5, 0.6) is 11.5 Å². The van der Waals surface area contributed by atoms with Crippen molar-refractivity contribution in [3.8, 4) is 11.5 Å². The molecule has 2 aromatic carbocycles. The summed E-state index contributed by atoms with van der Waals surface area (Å²) in [7, 11) is 3.12. The molecule has 1 saturated heterocycles. The van der Waals surface area contributed by atoms with Crippen molar-refractivity contribution in [2.24, 2.45) is 5.92 Å². The van der Waals surface area contributed by atoms with E-state index in [1.165, 1.54) is 17.4 Å². The van der Waals surface area contributed by atoms with Gasteiger partial charge in [0.05, 0.1) is 30.5 Å². The van der Waals surface area contributed by atoms with Gasteiger partial charge in [-0.3, -0.25) is 4.79 Å². The SMILES string of the molecule is COc1ccc(OC)c(NC(=O)C2CN(c3nc4c(F)cccc4s3)C2)c1. The highest BCUT2D eigenvalue weighted by molar-refractivity contribution is 7.22. The van der Waals surface area contributed by atoms with Crippen LogP contribution in [0.1, 0.15) is 0 Å². The maximum Gasteiger partial charge on any atom is 0.231 e. The third kappa shape index (κ3) is 3.28. The molecule has 1 aromatic heterocycles. The number of hydrogen-bond acceptors (Lipinski definition) is 6. The molecule has 0 saturated carbocycles. The maximum atomic E-state index is 13.8. The summed E-state index contributed by atoms with van der Waals surface area (Å²) in [5, 5.41) is 3.63. The van der Waals surface area contributed by atoms with Crippen molar-refractivity contribution in [1.82, 2.24) is 4.98 Å². The largest absolute Gasteiger partial charge is 0.497 e. The molecule has 2 heterocycles. The van der Waals surface area contributed by atoms with E-state index in [2.05, 4.69) is 10.3 Å². The molecule has 0 spiro atoms. The van der Waals surface area contributed by atoms with Crippen molar-refractivity contribution < 1.29 is 18.7 Å². The van der Waals surface area contributed by atoms with Gasteiger partial charge in [-0.25, -0.2) is 9.37 Å². The maximum absolute atomic E-state index is 13.8. The number of fused-ring (bicyclic) bond motifs is 1. The molecular formula is C19H18FN3O3S. The Balaban J connectivity index is 1.43. The number of methoxy groups -OCH3 is 2. The summed E-state index contributed by atoms with van der Waals surface area (Å²) in [6.07, 6.45) is 0. The Morgan fingerprint density at radius 1 is 1.26 bits per heavy atom. The van der Waals surface area contributed by atoms with E-state index in [0.717, 1.165) is 9.83 Å². The Labute approximate surface area is 159 Å². The Bertz CT molecular complexity index is 1000. The van der Waals surface area contributed by atoms with E-state index in [1.54, 1.807) is 38.5 Å². The molecule has 0 atom stereocenters. The number of carbonyl (C=O) groups is 1. The molecule has 6 nitrogen and oxygen atoms in total. The predicted octanol–water partition coefficient (Wildman–Crippen LogP) is 3.53. The van der Waals surface area contributed by atoms with E-state index >= 15 is 0 Å². The number of benzene rings is 2. The molecule has 4 rings (SSSR count). The second kappa shape index (κ2) is 7.03. The lowest BCUT2D eigenvalue weighted by Gasteiger charge is -2.38. The van der Waals surface area contributed by atoms with Gasteiger partial charge in [0.15, 0.2) is 5.13 Å². The molecule has 0 unspecified atom stereocenters. The van der Waals surface area contributed by atoms with Gasteiger partial charge in [0, 0.05) is 19.2 Å². The summed E-state index contributed by atoms with van der Waals surface area (Å²) in [5.74, 6) is 0.623. The zero-order valence-electron chi connectivity index (χ0n) is 14.9. The summed E-state index contributed by atoms with van der Waals surface area (Å²) in [4.78, 5) is 18.9. The monoisotopic (exact) mass is 387 g/mol. The number of anilines is 2. The van der Waals surface area contributed by atoms with Gasteiger partial charge in [-0.2, -0.15) is 0 Å². The van der Waals surface area contributed by atoms with Gasteiger partial charge in [-0.15, -0.1) is 0 Å². The zero-order chi connectivity index (χ0) is 19.0. The predicted molar refractivity (Wildman–Crippen MR) is 103 cm³/mol. The Hall–Kier alpha value is -2.87. The summed E-state index contributed by atoms with van der Waals surface area (Å²) < 4.78 is 25.1. The number of nitrogens with one attached hydrogen (secondary N) is 1. The molecule has 3 aromatic rings. The Morgan fingerprint density at radius 2 is 2.07 bits per heavy atom. The summed E-state index contributed by atoms with van der Waals surface area (Å²) in [6, 6.07) is 10.2. The van der Waals surface area contributed by atoms with Crippen molar-refractivity contribution >= 4 is 38.3 Å². The van der Waals surface area contributed by atoms with E-state index in [1.807, 2.05) is 11.0 Å². The van der Waals surface area contributed by atoms with Crippen LogP contribution in [0, 0.1) is 11.7 Å². The summed E-state index contributed by atoms with van der Waals surface area (Å²) in [5.41, 5.74) is 0.953. The number of amides is 1. The number of aromatic nitrogens is 1. The Morgan fingerprint density at radius 3 is 2.78 bits per heavy atom. The van der Waals surface area contributed by atoms with Crippen LogP contribution in [0.3, 0.4) is 0 Å². The fraction of sp³-hybridized carbons (Fsp3) is 0.263. The molecule has 27 heavy (non-hydrogen) atoms. The summed E-state index contributed by atoms with van der Waals surface area (Å²) >= 11 is 1.43. The van der Waals surface area contributed by atoms with Gasteiger partial charge in [0.1, 0.15) is 22.8 Å². The van der Waals surface area contributed by atoms with Crippen LogP contribution in [-0.4, -0.2) is 38.2 Å². The van der Waals surface area contributed by atoms with Crippen molar-refractivity contribution in [1.29, 1.82) is 0 Å². The van der Waals surface area contributed by atoms with Crippen molar-refractivity contribution in [2.75, 3.05) is 37.5 Å². The minimum Gasteiger partial charge on any atom is -0.497 e. The first-order chi connectivity index (χ1) is 13.1. The third-order valence-corrected chi connectivity index (χ3v) is 5.63. The first kappa shape index (κ1) is 17.5. The van der Waals surface area contributed by atoms with Gasteiger partial charge in [-0.05, 0) is 24.3 Å². The molecule has 8 heteroatoms. The topological polar surface area (TPSA) is 63.7 Å². The lowest BCUT2D eigenvalue weighted by Crippen LogP contribution is -2.52. The van der Waals surface area contributed by atoms with Gasteiger partial charge in [-0.1, -0.05) is 17.4 Å². The van der Waals surface area contributed by atoms with Gasteiger partial charge >= 0.3 is 0 Å². The smallest absolute Gasteiger partial charge is 0.231 e. The quantitative estimate of drug-likeness (QED) is 0.726. The Kier molecular flexibility index (Phi) is 4.57. The van der Waals surface area contributed by atoms with Crippen molar-refractivity contribution in [2.45, 2.75) is 0 Å². The van der Waals surface area contributed by atoms with Crippen LogP contribution in [0.25, 0.3) is 10.2 Å². The molecule has 1 aliphatic rings. The average Bonchev–Trinajstić information content (AvgIpc) is 3.05. The van der Waals surface area contributed by atoms with Gasteiger partial charge in [0.25, 0.3) is 0 Å². The fourth-order valence-corrected chi connectivity index (χ4v) is 3.98. The number of thiazole rings is 1. The second-order valence-electron chi connectivity index (χ2n) is 6.24. The molecule has 0 radical (unpaired) electrons. The number of halogens is 1. The minimum absolute atomic E-state index is 0.0925. The highest BCUT2D eigenvalue weighted by Crippen LogP contribution is 2.35. The first-order valence-electron chi connectivity index (χ1n) is 8.42. The van der Waals surface area contributed by atoms with E-state index in [9.17, 15) is 9.18 Å². The first-order valence-corrected chi connectivity index (χ1v) is 9.23. The summed E-state index contributed by atoms with van der Waals surface area (Å²) in [6.45, 7) is 1.08. The van der Waals surface area contributed by atoms with Crippen LogP contribution >= 0.6 is 11.3 Å². The standard InChI is InChI=1S/C19H18FN3O3S/c1-25-12-6-7-15(26-2)14(8-12)21-18(24)11-9-23(10-11)19-22-17-13(20)4-3-5-16(17)27-19/h3-8,11H,9-10H2,1-2H3,(H,21,24). The average molecular weight is 387 g/mol. The molecule has 0 aliphatic carbocycles. The highest BCUT2D eigenvalue weighted by atomic mass is 32.1. The molecule has 1 N–H and O–H groups in total. The van der Waals surface area contributed by atoms with Crippen LogP contribution in [0.15, 0.2) is 36.4 Å². The number of rotatable bonds is 5. The number of ether oxygens (including phenoxy) is 2. The van der Waals surface area contributed by atoms with Crippen LogP contribution in [0.4, 0.5) is 15.2 Å². The number of carbonyl (C=O) groups excluding carboxylic acids is 1. The highest BCUT2D eigenvalue weighted by Gasteiger charge is 2.35. The van der Waals surface area contributed by atoms with E-state index in [0.29, 0.717) is 35.8 Å².